The first-order valence-corrected chi connectivity index (χ1v) is 6.85. The number of ether oxygens (including phenoxy) is 2. The fraction of sp³-hybridized carbons (Fsp3) is 0.857. The predicted octanol–water partition coefficient (Wildman–Crippen LogP) is 1.92. The van der Waals surface area contributed by atoms with Crippen LogP contribution in [0.5, 0.6) is 0 Å². The van der Waals surface area contributed by atoms with Crippen LogP contribution in [0.4, 0.5) is 0 Å². The molecule has 3 rings (SSSR count). The summed E-state index contributed by atoms with van der Waals surface area (Å²) < 4.78 is 11.0. The zero-order chi connectivity index (χ0) is 13.1. The van der Waals surface area contributed by atoms with Crippen LogP contribution in [0.3, 0.4) is 0 Å². The third-order valence-corrected chi connectivity index (χ3v) is 5.09. The van der Waals surface area contributed by atoms with Crippen LogP contribution >= 0.6 is 0 Å². The second kappa shape index (κ2) is 3.72. The Kier molecular flexibility index (Phi) is 2.48. The third-order valence-electron chi connectivity index (χ3n) is 5.09. The van der Waals surface area contributed by atoms with E-state index in [2.05, 4.69) is 0 Å². The van der Waals surface area contributed by atoms with E-state index < -0.39 is 5.41 Å². The van der Waals surface area contributed by atoms with Gasteiger partial charge in [-0.25, -0.2) is 0 Å². The summed E-state index contributed by atoms with van der Waals surface area (Å²) in [5.74, 6) is 0.454. The van der Waals surface area contributed by atoms with Crippen molar-refractivity contribution in [3.8, 4) is 0 Å². The Morgan fingerprint density at radius 1 is 1.44 bits per heavy atom. The van der Waals surface area contributed by atoms with Crippen molar-refractivity contribution in [1.82, 2.24) is 0 Å². The van der Waals surface area contributed by atoms with E-state index in [4.69, 9.17) is 9.47 Å². The lowest BCUT2D eigenvalue weighted by Gasteiger charge is -2.29. The summed E-state index contributed by atoms with van der Waals surface area (Å²) in [6.07, 6.45) is 2.20. The molecule has 2 saturated carbocycles. The molecule has 100 valence electrons. The first-order chi connectivity index (χ1) is 8.44. The molecule has 0 aromatic rings. The molecule has 4 nitrogen and oxygen atoms in total. The number of hydrogen-bond donors (Lipinski definition) is 0. The molecule has 0 aromatic heterocycles. The van der Waals surface area contributed by atoms with E-state index in [-0.39, 0.29) is 30.1 Å². The van der Waals surface area contributed by atoms with Gasteiger partial charge in [0.1, 0.15) is 12.2 Å². The summed E-state index contributed by atoms with van der Waals surface area (Å²) in [6, 6.07) is 0. The van der Waals surface area contributed by atoms with Crippen LogP contribution in [-0.2, 0) is 19.1 Å². The van der Waals surface area contributed by atoms with Gasteiger partial charge < -0.3 is 9.47 Å². The quantitative estimate of drug-likeness (QED) is 0.720. The first-order valence-electron chi connectivity index (χ1n) is 6.85. The van der Waals surface area contributed by atoms with Gasteiger partial charge in [-0.2, -0.15) is 0 Å². The SMILES string of the molecule is CCC(C)(C)C(=O)OC1C2OC(=O)[C@@H]3C[C@@H]1CC23. The van der Waals surface area contributed by atoms with Crippen molar-refractivity contribution in [2.24, 2.45) is 23.2 Å². The Bertz CT molecular complexity index is 401. The van der Waals surface area contributed by atoms with Gasteiger partial charge in [-0.15, -0.1) is 0 Å². The monoisotopic (exact) mass is 252 g/mol. The van der Waals surface area contributed by atoms with E-state index in [1.54, 1.807) is 0 Å². The summed E-state index contributed by atoms with van der Waals surface area (Å²) in [5.41, 5.74) is -0.455. The Hall–Kier alpha value is -1.06. The normalized spacial score (nSPS) is 41.1. The minimum absolute atomic E-state index is 0.0779. The summed E-state index contributed by atoms with van der Waals surface area (Å²) >= 11 is 0. The average molecular weight is 252 g/mol. The molecule has 0 amide bonds. The molecule has 0 N–H and O–H groups in total. The Labute approximate surface area is 107 Å². The molecule has 18 heavy (non-hydrogen) atoms. The molecule has 2 aliphatic carbocycles. The molecule has 0 aromatic carbocycles. The van der Waals surface area contributed by atoms with Crippen LogP contribution in [0.15, 0.2) is 0 Å². The highest BCUT2D eigenvalue weighted by Crippen LogP contribution is 2.55. The van der Waals surface area contributed by atoms with Gasteiger partial charge in [-0.3, -0.25) is 9.59 Å². The molecular formula is C14H20O4. The molecule has 2 bridgehead atoms. The van der Waals surface area contributed by atoms with Crippen molar-refractivity contribution in [3.63, 3.8) is 0 Å². The highest BCUT2D eigenvalue weighted by molar-refractivity contribution is 5.78. The Balaban J connectivity index is 1.73. The van der Waals surface area contributed by atoms with Gasteiger partial charge >= 0.3 is 11.9 Å². The lowest BCUT2D eigenvalue weighted by molar-refractivity contribution is -0.170. The smallest absolute Gasteiger partial charge is 0.311 e. The summed E-state index contributed by atoms with van der Waals surface area (Å²) in [4.78, 5) is 23.7. The number of carbonyl (C=O) groups is 2. The summed E-state index contributed by atoms with van der Waals surface area (Å²) in [5, 5.41) is 0. The van der Waals surface area contributed by atoms with Crippen molar-refractivity contribution >= 4 is 11.9 Å². The topological polar surface area (TPSA) is 52.6 Å². The average Bonchev–Trinajstić information content (AvgIpc) is 2.93. The maximum absolute atomic E-state index is 12.1. The van der Waals surface area contributed by atoms with Crippen LogP contribution in [0, 0.1) is 23.2 Å². The molecule has 3 aliphatic rings. The van der Waals surface area contributed by atoms with Crippen molar-refractivity contribution < 1.29 is 19.1 Å². The highest BCUT2D eigenvalue weighted by Gasteiger charge is 2.63. The lowest BCUT2D eigenvalue weighted by atomic mass is 9.87. The number of hydrogen-bond acceptors (Lipinski definition) is 4. The largest absolute Gasteiger partial charge is 0.458 e. The van der Waals surface area contributed by atoms with Gasteiger partial charge in [0.05, 0.1) is 11.3 Å². The van der Waals surface area contributed by atoms with Crippen molar-refractivity contribution in [2.75, 3.05) is 0 Å². The minimum Gasteiger partial charge on any atom is -0.458 e. The molecular weight excluding hydrogens is 232 g/mol. The fourth-order valence-electron chi connectivity index (χ4n) is 3.49. The van der Waals surface area contributed by atoms with Crippen LogP contribution in [0.2, 0.25) is 0 Å². The van der Waals surface area contributed by atoms with E-state index in [1.807, 2.05) is 20.8 Å². The van der Waals surface area contributed by atoms with Crippen LogP contribution in [-0.4, -0.2) is 24.1 Å². The van der Waals surface area contributed by atoms with E-state index in [1.165, 1.54) is 0 Å². The van der Waals surface area contributed by atoms with E-state index in [0.29, 0.717) is 11.8 Å². The van der Waals surface area contributed by atoms with Crippen LogP contribution < -0.4 is 0 Å². The van der Waals surface area contributed by atoms with Gasteiger partial charge in [0.25, 0.3) is 0 Å². The Morgan fingerprint density at radius 2 is 2.17 bits per heavy atom. The second-order valence-electron chi connectivity index (χ2n) is 6.51. The maximum atomic E-state index is 12.1. The van der Waals surface area contributed by atoms with Gasteiger partial charge in [-0.1, -0.05) is 6.92 Å². The number of fused-ring (bicyclic) bond motifs is 1. The number of carbonyl (C=O) groups excluding carboxylic acids is 2. The molecule has 0 radical (unpaired) electrons. The third kappa shape index (κ3) is 1.50. The molecule has 3 unspecified atom stereocenters. The number of rotatable bonds is 3. The molecule has 1 heterocycles. The maximum Gasteiger partial charge on any atom is 0.311 e. The predicted molar refractivity (Wildman–Crippen MR) is 63.5 cm³/mol. The summed E-state index contributed by atoms with van der Waals surface area (Å²) in [7, 11) is 0. The second-order valence-corrected chi connectivity index (χ2v) is 6.51. The summed E-state index contributed by atoms with van der Waals surface area (Å²) in [6.45, 7) is 5.77. The fourth-order valence-corrected chi connectivity index (χ4v) is 3.49. The molecule has 4 heteroatoms. The van der Waals surface area contributed by atoms with Crippen molar-refractivity contribution in [3.05, 3.63) is 0 Å². The minimum atomic E-state index is -0.455. The van der Waals surface area contributed by atoms with E-state index in [0.717, 1.165) is 19.3 Å². The lowest BCUT2D eigenvalue weighted by Crippen LogP contribution is -2.39. The van der Waals surface area contributed by atoms with E-state index in [9.17, 15) is 9.59 Å². The highest BCUT2D eigenvalue weighted by atomic mass is 16.6. The molecule has 0 spiro atoms. The van der Waals surface area contributed by atoms with E-state index >= 15 is 0 Å². The van der Waals surface area contributed by atoms with Gasteiger partial charge in [0.2, 0.25) is 0 Å². The standard InChI is InChI=1S/C14H20O4/c1-4-14(2,3)13(16)18-10-7-5-8-9(6-7)12(15)17-11(8)10/h7-11H,4-6H2,1-3H3/t7-,8?,9+,10?,11?/m0/s1. The molecule has 1 saturated heterocycles. The van der Waals surface area contributed by atoms with Crippen LogP contribution in [0.1, 0.15) is 40.0 Å². The molecule has 5 atom stereocenters. The van der Waals surface area contributed by atoms with Gasteiger partial charge in [-0.05, 0) is 33.1 Å². The molecule has 1 aliphatic heterocycles. The zero-order valence-electron chi connectivity index (χ0n) is 11.1. The number of esters is 2. The van der Waals surface area contributed by atoms with Crippen molar-refractivity contribution in [2.45, 2.75) is 52.2 Å². The van der Waals surface area contributed by atoms with Crippen molar-refractivity contribution in [1.29, 1.82) is 0 Å². The first kappa shape index (κ1) is 12.0. The van der Waals surface area contributed by atoms with Gasteiger partial charge in [0.15, 0.2) is 0 Å². The van der Waals surface area contributed by atoms with Crippen LogP contribution in [0.25, 0.3) is 0 Å². The zero-order valence-corrected chi connectivity index (χ0v) is 11.1. The Morgan fingerprint density at radius 3 is 2.83 bits per heavy atom. The van der Waals surface area contributed by atoms with Gasteiger partial charge in [0, 0.05) is 11.8 Å². The molecule has 3 fully saturated rings.